The van der Waals surface area contributed by atoms with Gasteiger partial charge in [0, 0.05) is 18.1 Å². The van der Waals surface area contributed by atoms with Crippen LogP contribution >= 0.6 is 0 Å². The average Bonchev–Trinajstić information content (AvgIpc) is 2.48. The molecule has 1 aromatic carbocycles. The van der Waals surface area contributed by atoms with E-state index in [9.17, 15) is 0 Å². The van der Waals surface area contributed by atoms with Gasteiger partial charge in [-0.05, 0) is 64.3 Å². The maximum atomic E-state index is 3.81. The molecule has 1 saturated heterocycles. The molecule has 0 bridgehead atoms. The quantitative estimate of drug-likeness (QED) is 0.879. The van der Waals surface area contributed by atoms with Crippen molar-refractivity contribution < 1.29 is 0 Å². The van der Waals surface area contributed by atoms with Crippen LogP contribution in [0.3, 0.4) is 0 Å². The minimum atomic E-state index is 0.455. The zero-order valence-electron chi connectivity index (χ0n) is 13.5. The van der Waals surface area contributed by atoms with Crippen molar-refractivity contribution in [3.8, 4) is 0 Å². The number of hydrogen-bond donors (Lipinski definition) is 1. The first-order valence-corrected chi connectivity index (χ1v) is 8.19. The second-order valence-corrected chi connectivity index (χ2v) is 6.39. The molecule has 2 nitrogen and oxygen atoms in total. The molecule has 2 rings (SSSR count). The summed E-state index contributed by atoms with van der Waals surface area (Å²) in [6.45, 7) is 11.6. The molecule has 0 saturated carbocycles. The highest BCUT2D eigenvalue weighted by molar-refractivity contribution is 5.24. The van der Waals surface area contributed by atoms with Crippen molar-refractivity contribution in [2.45, 2.75) is 65.1 Å². The number of aryl methyl sites for hydroxylation is 1. The van der Waals surface area contributed by atoms with E-state index in [0.29, 0.717) is 18.1 Å². The highest BCUT2D eigenvalue weighted by Crippen LogP contribution is 2.19. The minimum Gasteiger partial charge on any atom is -0.307 e. The Hall–Kier alpha value is -0.860. The van der Waals surface area contributed by atoms with Gasteiger partial charge in [-0.2, -0.15) is 0 Å². The van der Waals surface area contributed by atoms with Gasteiger partial charge >= 0.3 is 0 Å². The van der Waals surface area contributed by atoms with Gasteiger partial charge in [-0.3, -0.25) is 0 Å². The van der Waals surface area contributed by atoms with Crippen LogP contribution < -0.4 is 5.32 Å². The first-order chi connectivity index (χ1) is 9.60. The molecule has 0 unspecified atom stereocenters. The molecule has 1 heterocycles. The Balaban J connectivity index is 1.84. The molecule has 1 aromatic rings. The van der Waals surface area contributed by atoms with E-state index >= 15 is 0 Å². The van der Waals surface area contributed by atoms with Gasteiger partial charge in [0.05, 0.1) is 0 Å². The molecule has 0 radical (unpaired) electrons. The van der Waals surface area contributed by atoms with E-state index < -0.39 is 0 Å². The van der Waals surface area contributed by atoms with Crippen LogP contribution in [0.1, 0.15) is 57.7 Å². The van der Waals surface area contributed by atoms with Gasteiger partial charge in [0.2, 0.25) is 0 Å². The lowest BCUT2D eigenvalue weighted by Gasteiger charge is -2.36. The summed E-state index contributed by atoms with van der Waals surface area (Å²) < 4.78 is 0. The van der Waals surface area contributed by atoms with Gasteiger partial charge in [-0.1, -0.05) is 31.2 Å². The van der Waals surface area contributed by atoms with Crippen molar-refractivity contribution in [1.82, 2.24) is 10.2 Å². The molecule has 1 aliphatic rings. The largest absolute Gasteiger partial charge is 0.307 e. The number of piperidine rings is 1. The third-order valence-corrected chi connectivity index (χ3v) is 4.63. The predicted molar refractivity (Wildman–Crippen MR) is 87.1 cm³/mol. The normalized spacial score (nSPS) is 19.4. The minimum absolute atomic E-state index is 0.455. The highest BCUT2D eigenvalue weighted by Gasteiger charge is 2.21. The SMILES string of the molecule is CCc1ccc([C@H](C)NC2CCN(C(C)C)CC2)cc1. The van der Waals surface area contributed by atoms with Crippen LogP contribution in [0.5, 0.6) is 0 Å². The molecule has 1 fully saturated rings. The molecule has 1 atom stereocenters. The lowest BCUT2D eigenvalue weighted by atomic mass is 10.00. The van der Waals surface area contributed by atoms with Crippen LogP contribution in [0.15, 0.2) is 24.3 Å². The molecular formula is C18H30N2. The van der Waals surface area contributed by atoms with Crippen molar-refractivity contribution in [2.24, 2.45) is 0 Å². The maximum Gasteiger partial charge on any atom is 0.0294 e. The Morgan fingerprint density at radius 2 is 1.70 bits per heavy atom. The van der Waals surface area contributed by atoms with Gasteiger partial charge < -0.3 is 10.2 Å². The van der Waals surface area contributed by atoms with Crippen LogP contribution in [0, 0.1) is 0 Å². The molecule has 20 heavy (non-hydrogen) atoms. The summed E-state index contributed by atoms with van der Waals surface area (Å²) in [5.41, 5.74) is 2.83. The molecule has 1 aliphatic heterocycles. The third-order valence-electron chi connectivity index (χ3n) is 4.63. The van der Waals surface area contributed by atoms with Gasteiger partial charge in [0.25, 0.3) is 0 Å². The Morgan fingerprint density at radius 3 is 2.20 bits per heavy atom. The number of benzene rings is 1. The van der Waals surface area contributed by atoms with Crippen molar-refractivity contribution >= 4 is 0 Å². The first kappa shape index (κ1) is 15.5. The van der Waals surface area contributed by atoms with Crippen molar-refractivity contribution in [2.75, 3.05) is 13.1 Å². The molecule has 112 valence electrons. The molecule has 0 aliphatic carbocycles. The summed E-state index contributed by atoms with van der Waals surface area (Å²) in [5, 5.41) is 3.81. The van der Waals surface area contributed by atoms with Crippen LogP contribution in [-0.4, -0.2) is 30.1 Å². The molecule has 2 heteroatoms. The molecule has 0 spiro atoms. The van der Waals surface area contributed by atoms with Crippen LogP contribution in [-0.2, 0) is 6.42 Å². The van der Waals surface area contributed by atoms with Crippen molar-refractivity contribution in [3.63, 3.8) is 0 Å². The van der Waals surface area contributed by atoms with Crippen LogP contribution in [0.2, 0.25) is 0 Å². The summed E-state index contributed by atoms with van der Waals surface area (Å²) in [6, 6.07) is 10.9. The first-order valence-electron chi connectivity index (χ1n) is 8.19. The number of nitrogens with zero attached hydrogens (tertiary/aromatic N) is 1. The monoisotopic (exact) mass is 274 g/mol. The smallest absolute Gasteiger partial charge is 0.0294 e. The molecule has 1 N–H and O–H groups in total. The maximum absolute atomic E-state index is 3.81. The Morgan fingerprint density at radius 1 is 1.10 bits per heavy atom. The van der Waals surface area contributed by atoms with E-state index in [1.54, 1.807) is 0 Å². The van der Waals surface area contributed by atoms with Gasteiger partial charge in [-0.15, -0.1) is 0 Å². The van der Waals surface area contributed by atoms with Gasteiger partial charge in [-0.25, -0.2) is 0 Å². The summed E-state index contributed by atoms with van der Waals surface area (Å²) >= 11 is 0. The third kappa shape index (κ3) is 4.07. The van der Waals surface area contributed by atoms with Gasteiger partial charge in [0.15, 0.2) is 0 Å². The fourth-order valence-corrected chi connectivity index (χ4v) is 3.07. The standard InChI is InChI=1S/C18H30N2/c1-5-16-6-8-17(9-7-16)15(4)19-18-10-12-20(13-11-18)14(2)3/h6-9,14-15,18-19H,5,10-13H2,1-4H3/t15-/m0/s1. The number of rotatable bonds is 5. The molecule has 0 aromatic heterocycles. The Labute approximate surface area is 124 Å². The van der Waals surface area contributed by atoms with Crippen molar-refractivity contribution in [1.29, 1.82) is 0 Å². The van der Waals surface area contributed by atoms with Crippen molar-refractivity contribution in [3.05, 3.63) is 35.4 Å². The predicted octanol–water partition coefficient (Wildman–Crippen LogP) is 3.77. The lowest BCUT2D eigenvalue weighted by Crippen LogP contribution is -2.45. The number of likely N-dealkylation sites (tertiary alicyclic amines) is 1. The Kier molecular flexibility index (Phi) is 5.62. The summed E-state index contributed by atoms with van der Waals surface area (Å²) in [6.07, 6.45) is 3.67. The van der Waals surface area contributed by atoms with E-state index in [-0.39, 0.29) is 0 Å². The second kappa shape index (κ2) is 7.24. The highest BCUT2D eigenvalue weighted by atomic mass is 15.2. The van der Waals surface area contributed by atoms with E-state index in [0.717, 1.165) is 6.42 Å². The van der Waals surface area contributed by atoms with Crippen LogP contribution in [0.25, 0.3) is 0 Å². The van der Waals surface area contributed by atoms with Crippen LogP contribution in [0.4, 0.5) is 0 Å². The zero-order chi connectivity index (χ0) is 14.5. The molecule has 0 amide bonds. The lowest BCUT2D eigenvalue weighted by molar-refractivity contribution is 0.157. The molecular weight excluding hydrogens is 244 g/mol. The van der Waals surface area contributed by atoms with E-state index in [2.05, 4.69) is 62.2 Å². The zero-order valence-corrected chi connectivity index (χ0v) is 13.5. The van der Waals surface area contributed by atoms with Gasteiger partial charge in [0.1, 0.15) is 0 Å². The number of hydrogen-bond acceptors (Lipinski definition) is 2. The second-order valence-electron chi connectivity index (χ2n) is 6.39. The average molecular weight is 274 g/mol. The number of nitrogens with one attached hydrogen (secondary N) is 1. The topological polar surface area (TPSA) is 15.3 Å². The van der Waals surface area contributed by atoms with E-state index in [4.69, 9.17) is 0 Å². The fourth-order valence-electron chi connectivity index (χ4n) is 3.07. The fraction of sp³-hybridized carbons (Fsp3) is 0.667. The van der Waals surface area contributed by atoms with E-state index in [1.807, 2.05) is 0 Å². The summed E-state index contributed by atoms with van der Waals surface area (Å²) in [7, 11) is 0. The summed E-state index contributed by atoms with van der Waals surface area (Å²) in [4.78, 5) is 2.58. The van der Waals surface area contributed by atoms with E-state index in [1.165, 1.54) is 37.1 Å². The Bertz CT molecular complexity index is 388. The summed E-state index contributed by atoms with van der Waals surface area (Å²) in [5.74, 6) is 0.